The number of hydrogen-bond donors (Lipinski definition) is 2. The van der Waals surface area contributed by atoms with Gasteiger partial charge in [-0.1, -0.05) is 13.8 Å². The van der Waals surface area contributed by atoms with Crippen molar-refractivity contribution in [3.05, 3.63) is 11.3 Å². The Hall–Kier alpha value is -1.36. The standard InChI is InChI=1S/C15H25N5/c1-15(2)5-4-11-12(10-15)18-14(16)19-13(11)20-8-3-6-17-7-9-20/h17H,3-10H2,1-2H3,(H2,16,18,19). The second kappa shape index (κ2) is 5.20. The molecular weight excluding hydrogens is 250 g/mol. The summed E-state index contributed by atoms with van der Waals surface area (Å²) >= 11 is 0. The molecule has 0 amide bonds. The molecule has 1 aliphatic carbocycles. The van der Waals surface area contributed by atoms with Crippen LogP contribution in [0.1, 0.15) is 37.9 Å². The minimum atomic E-state index is 0.325. The highest BCUT2D eigenvalue weighted by Gasteiger charge is 2.30. The summed E-state index contributed by atoms with van der Waals surface area (Å²) in [5.74, 6) is 1.51. The maximum Gasteiger partial charge on any atom is 0.222 e. The molecule has 110 valence electrons. The van der Waals surface area contributed by atoms with Gasteiger partial charge in [0.05, 0.1) is 5.69 Å². The van der Waals surface area contributed by atoms with E-state index in [1.807, 2.05) is 0 Å². The quantitative estimate of drug-likeness (QED) is 0.810. The molecule has 1 saturated heterocycles. The molecule has 5 heteroatoms. The Labute approximate surface area is 121 Å². The smallest absolute Gasteiger partial charge is 0.222 e. The molecule has 2 heterocycles. The fourth-order valence-electron chi connectivity index (χ4n) is 3.26. The predicted octanol–water partition coefficient (Wildman–Crippen LogP) is 1.37. The second-order valence-corrected chi connectivity index (χ2v) is 6.76. The zero-order valence-corrected chi connectivity index (χ0v) is 12.6. The first-order valence-electron chi connectivity index (χ1n) is 7.66. The van der Waals surface area contributed by atoms with Crippen LogP contribution in [0.2, 0.25) is 0 Å². The van der Waals surface area contributed by atoms with Crippen molar-refractivity contribution in [3.63, 3.8) is 0 Å². The molecule has 1 fully saturated rings. The average molecular weight is 275 g/mol. The second-order valence-electron chi connectivity index (χ2n) is 6.76. The molecule has 0 radical (unpaired) electrons. The highest BCUT2D eigenvalue weighted by molar-refractivity contribution is 5.53. The van der Waals surface area contributed by atoms with E-state index in [4.69, 9.17) is 5.73 Å². The van der Waals surface area contributed by atoms with Crippen molar-refractivity contribution in [2.24, 2.45) is 5.41 Å². The number of aromatic nitrogens is 2. The molecule has 0 unspecified atom stereocenters. The van der Waals surface area contributed by atoms with Crippen LogP contribution in [0.5, 0.6) is 0 Å². The van der Waals surface area contributed by atoms with Crippen molar-refractivity contribution in [2.75, 3.05) is 36.8 Å². The maximum atomic E-state index is 5.95. The molecular formula is C15H25N5. The summed E-state index contributed by atoms with van der Waals surface area (Å²) < 4.78 is 0. The fraction of sp³-hybridized carbons (Fsp3) is 0.733. The Morgan fingerprint density at radius 3 is 2.90 bits per heavy atom. The Morgan fingerprint density at radius 1 is 1.20 bits per heavy atom. The van der Waals surface area contributed by atoms with E-state index in [1.165, 1.54) is 17.7 Å². The number of nitrogens with two attached hydrogens (primary N) is 1. The molecule has 1 aromatic heterocycles. The molecule has 3 N–H and O–H groups in total. The van der Waals surface area contributed by atoms with E-state index in [2.05, 4.69) is 34.0 Å². The average Bonchev–Trinajstić information content (AvgIpc) is 2.64. The van der Waals surface area contributed by atoms with Crippen LogP contribution in [0, 0.1) is 5.41 Å². The first-order valence-corrected chi connectivity index (χ1v) is 7.66. The molecule has 1 aromatic rings. The minimum Gasteiger partial charge on any atom is -0.368 e. The number of hydrogen-bond acceptors (Lipinski definition) is 5. The largest absolute Gasteiger partial charge is 0.368 e. The zero-order chi connectivity index (χ0) is 14.2. The SMILES string of the molecule is CC1(C)CCc2c(nc(N)nc2N2CCCNCC2)C1. The number of anilines is 2. The van der Waals surface area contributed by atoms with Gasteiger partial charge < -0.3 is 16.0 Å². The van der Waals surface area contributed by atoms with Crippen molar-refractivity contribution < 1.29 is 0 Å². The van der Waals surface area contributed by atoms with Crippen molar-refractivity contribution in [3.8, 4) is 0 Å². The van der Waals surface area contributed by atoms with Gasteiger partial charge in [0, 0.05) is 25.2 Å². The van der Waals surface area contributed by atoms with Crippen LogP contribution < -0.4 is 16.0 Å². The highest BCUT2D eigenvalue weighted by atomic mass is 15.2. The van der Waals surface area contributed by atoms with Gasteiger partial charge in [-0.15, -0.1) is 0 Å². The summed E-state index contributed by atoms with van der Waals surface area (Å²) in [6, 6.07) is 0. The van der Waals surface area contributed by atoms with E-state index in [-0.39, 0.29) is 0 Å². The maximum absolute atomic E-state index is 5.95. The van der Waals surface area contributed by atoms with E-state index in [1.54, 1.807) is 0 Å². The van der Waals surface area contributed by atoms with Crippen LogP contribution in [0.25, 0.3) is 0 Å². The Kier molecular flexibility index (Phi) is 3.54. The monoisotopic (exact) mass is 275 g/mol. The zero-order valence-electron chi connectivity index (χ0n) is 12.6. The number of rotatable bonds is 1. The van der Waals surface area contributed by atoms with Gasteiger partial charge in [-0.3, -0.25) is 0 Å². The van der Waals surface area contributed by atoms with Gasteiger partial charge in [0.2, 0.25) is 5.95 Å². The van der Waals surface area contributed by atoms with Gasteiger partial charge in [-0.2, -0.15) is 4.98 Å². The van der Waals surface area contributed by atoms with Crippen LogP contribution in [0.3, 0.4) is 0 Å². The first-order chi connectivity index (χ1) is 9.55. The van der Waals surface area contributed by atoms with Crippen LogP contribution in [0.4, 0.5) is 11.8 Å². The van der Waals surface area contributed by atoms with Crippen molar-refractivity contribution in [2.45, 2.75) is 39.5 Å². The van der Waals surface area contributed by atoms with Crippen LogP contribution in [-0.4, -0.2) is 36.1 Å². The number of nitrogens with zero attached hydrogens (tertiary/aromatic N) is 3. The van der Waals surface area contributed by atoms with Crippen LogP contribution in [-0.2, 0) is 12.8 Å². The summed E-state index contributed by atoms with van der Waals surface area (Å²) in [7, 11) is 0. The minimum absolute atomic E-state index is 0.325. The lowest BCUT2D eigenvalue weighted by molar-refractivity contribution is 0.310. The van der Waals surface area contributed by atoms with Crippen LogP contribution in [0.15, 0.2) is 0 Å². The Bertz CT molecular complexity index is 489. The lowest BCUT2D eigenvalue weighted by Gasteiger charge is -2.33. The van der Waals surface area contributed by atoms with Crippen LogP contribution >= 0.6 is 0 Å². The number of nitrogens with one attached hydrogen (secondary N) is 1. The van der Waals surface area contributed by atoms with E-state index >= 15 is 0 Å². The Balaban J connectivity index is 1.96. The number of nitrogen functional groups attached to an aromatic ring is 1. The van der Waals surface area contributed by atoms with Gasteiger partial charge in [-0.05, 0) is 37.6 Å². The van der Waals surface area contributed by atoms with Gasteiger partial charge >= 0.3 is 0 Å². The molecule has 3 rings (SSSR count). The summed E-state index contributed by atoms with van der Waals surface area (Å²) in [5, 5.41) is 3.44. The van der Waals surface area contributed by atoms with E-state index in [0.717, 1.165) is 51.3 Å². The van der Waals surface area contributed by atoms with Crippen molar-refractivity contribution >= 4 is 11.8 Å². The third kappa shape index (κ3) is 2.73. The fourth-order valence-corrected chi connectivity index (χ4v) is 3.26. The summed E-state index contributed by atoms with van der Waals surface area (Å²) in [5.41, 5.74) is 8.78. The highest BCUT2D eigenvalue weighted by Crippen LogP contribution is 2.37. The topological polar surface area (TPSA) is 67.1 Å². The van der Waals surface area contributed by atoms with Crippen molar-refractivity contribution in [1.29, 1.82) is 0 Å². The number of fused-ring (bicyclic) bond motifs is 1. The summed E-state index contributed by atoms with van der Waals surface area (Å²) in [6.45, 7) is 8.79. The van der Waals surface area contributed by atoms with E-state index < -0.39 is 0 Å². The molecule has 0 spiro atoms. The van der Waals surface area contributed by atoms with E-state index in [9.17, 15) is 0 Å². The molecule has 20 heavy (non-hydrogen) atoms. The predicted molar refractivity (Wildman–Crippen MR) is 82.0 cm³/mol. The normalized spacial score (nSPS) is 22.2. The van der Waals surface area contributed by atoms with Gasteiger partial charge in [-0.25, -0.2) is 4.98 Å². The van der Waals surface area contributed by atoms with Gasteiger partial charge in [0.1, 0.15) is 5.82 Å². The lowest BCUT2D eigenvalue weighted by atomic mass is 9.76. The first kappa shape index (κ1) is 13.6. The van der Waals surface area contributed by atoms with E-state index in [0.29, 0.717) is 11.4 Å². The molecule has 0 atom stereocenters. The molecule has 0 aromatic carbocycles. The molecule has 2 aliphatic rings. The lowest BCUT2D eigenvalue weighted by Crippen LogP contribution is -2.32. The third-order valence-corrected chi connectivity index (χ3v) is 4.43. The molecule has 0 saturated carbocycles. The van der Waals surface area contributed by atoms with Gasteiger partial charge in [0.15, 0.2) is 0 Å². The summed E-state index contributed by atoms with van der Waals surface area (Å²) in [6.07, 6.45) is 4.44. The third-order valence-electron chi connectivity index (χ3n) is 4.43. The van der Waals surface area contributed by atoms with Gasteiger partial charge in [0.25, 0.3) is 0 Å². The van der Waals surface area contributed by atoms with Crippen molar-refractivity contribution in [1.82, 2.24) is 15.3 Å². The summed E-state index contributed by atoms with van der Waals surface area (Å²) in [4.78, 5) is 11.5. The molecule has 5 nitrogen and oxygen atoms in total. The Morgan fingerprint density at radius 2 is 2.05 bits per heavy atom. The molecule has 0 bridgehead atoms. The molecule has 1 aliphatic heterocycles.